The van der Waals surface area contributed by atoms with Crippen LogP contribution in [0.3, 0.4) is 0 Å². The minimum absolute atomic E-state index is 0. The number of hydrogen-bond acceptors (Lipinski definition) is 0. The summed E-state index contributed by atoms with van der Waals surface area (Å²) in [5, 5.41) is 0. The topological polar surface area (TPSA) is 57.0 Å². The molecule has 0 rings (SSSR count). The van der Waals surface area contributed by atoms with Gasteiger partial charge in [-0.15, -0.1) is 0 Å². The molecule has 0 saturated heterocycles. The van der Waals surface area contributed by atoms with Crippen LogP contribution in [0.15, 0.2) is 0 Å². The van der Waals surface area contributed by atoms with Crippen LogP contribution in [0.2, 0.25) is 0 Å². The molecule has 0 amide bonds. The van der Waals surface area contributed by atoms with Gasteiger partial charge in [-0.25, -0.2) is 0 Å². The Bertz CT molecular complexity index is 13.5. The van der Waals surface area contributed by atoms with E-state index in [4.69, 9.17) is 0 Å². The molecule has 0 saturated carbocycles. The first-order chi connectivity index (χ1) is 0. The Hall–Kier alpha value is 1.68. The van der Waals surface area contributed by atoms with Gasteiger partial charge in [0.25, 0.3) is 0 Å². The zero-order valence-corrected chi connectivity index (χ0v) is 8.09. The molecule has 20 valence electrons. The molecule has 0 aliphatic heterocycles. The Morgan fingerprint density at radius 3 is 1.00 bits per heavy atom. The molecule has 0 fully saturated rings. The second-order valence-electron chi connectivity index (χ2n) is 0. The van der Waals surface area contributed by atoms with E-state index >= 15 is 0 Å². The fourth-order valence-electron chi connectivity index (χ4n) is 0. The van der Waals surface area contributed by atoms with Crippen molar-refractivity contribution in [1.82, 2.24) is 0 Å². The maximum atomic E-state index is 0. The summed E-state index contributed by atoms with van der Waals surface area (Å²) in [7, 11) is 0. The second-order valence-corrected chi connectivity index (χ2v) is 0. The van der Waals surface area contributed by atoms with E-state index in [1.807, 2.05) is 0 Å². The Morgan fingerprint density at radius 2 is 1.00 bits per heavy atom. The summed E-state index contributed by atoms with van der Waals surface area (Å²) >= 11 is 0. The van der Waals surface area contributed by atoms with Gasteiger partial charge >= 0.3 is 36.5 Å². The van der Waals surface area contributed by atoms with E-state index in [9.17, 15) is 0 Å². The third kappa shape index (κ3) is 27.2. The summed E-state index contributed by atoms with van der Waals surface area (Å²) < 4.78 is 0. The molecule has 0 aliphatic rings. The van der Waals surface area contributed by atoms with Crippen LogP contribution in [-0.2, 0) is 30.4 Å². The van der Waals surface area contributed by atoms with Gasteiger partial charge in [0.1, 0.15) is 0 Å². The average molecular weight is 178 g/mol. The number of rotatable bonds is 0. The van der Waals surface area contributed by atoms with Gasteiger partial charge in [-0.1, -0.05) is 0 Å². The molecule has 0 N–H and O–H groups in total. The minimum atomic E-state index is 0. The fraction of sp³-hybridized carbons (Fsp3) is 0. The fourth-order valence-corrected chi connectivity index (χ4v) is 0. The molecule has 5 heavy (non-hydrogen) atoms. The van der Waals surface area contributed by atoms with Crippen molar-refractivity contribution in [2.45, 2.75) is 0 Å². The van der Waals surface area contributed by atoms with Crippen molar-refractivity contribution < 1.29 is 50.7 Å². The van der Waals surface area contributed by atoms with Gasteiger partial charge in [0.2, 0.25) is 0 Å². The van der Waals surface area contributed by atoms with Crippen molar-refractivity contribution in [1.29, 1.82) is 0 Å². The van der Waals surface area contributed by atoms with Crippen LogP contribution in [0.4, 0.5) is 0 Å². The van der Waals surface area contributed by atoms with Crippen LogP contribution < -0.4 is 18.9 Å². The van der Waals surface area contributed by atoms with Crippen molar-refractivity contribution in [3.05, 3.63) is 0 Å². The zero-order valence-electron chi connectivity index (χ0n) is 4.02. The monoisotopic (exact) mass is 178 g/mol. The third-order valence-corrected chi connectivity index (χ3v) is 0. The van der Waals surface area contributed by atoms with Gasteiger partial charge in [-0.3, -0.25) is 0 Å². The van der Waals surface area contributed by atoms with Gasteiger partial charge in [0.05, 0.1) is 0 Å². The summed E-state index contributed by atoms with van der Waals surface area (Å²) in [6.45, 7) is 0. The van der Waals surface area contributed by atoms with Crippen molar-refractivity contribution in [2.24, 2.45) is 0 Å². The van der Waals surface area contributed by atoms with Gasteiger partial charge in [-0.05, 0) is 0 Å². The van der Waals surface area contributed by atoms with Crippen molar-refractivity contribution in [2.75, 3.05) is 0 Å². The zero-order chi connectivity index (χ0) is 0. The van der Waals surface area contributed by atoms with E-state index in [1.54, 1.807) is 0 Å². The summed E-state index contributed by atoms with van der Waals surface area (Å²) in [5.74, 6) is 0. The second kappa shape index (κ2) is 44.0. The summed E-state index contributed by atoms with van der Waals surface area (Å²) in [4.78, 5) is 0. The molecule has 0 radical (unpaired) electrons. The van der Waals surface area contributed by atoms with E-state index < -0.39 is 0 Å². The van der Waals surface area contributed by atoms with Gasteiger partial charge in [0.15, 0.2) is 0 Å². The quantitative estimate of drug-likeness (QED) is 0.345. The van der Waals surface area contributed by atoms with Crippen LogP contribution in [0, 0.1) is 0 Å². The van der Waals surface area contributed by atoms with Crippen LogP contribution >= 0.6 is 0 Å². The van der Waals surface area contributed by atoms with Crippen LogP contribution in [0.25, 0.3) is 0 Å². The molecule has 2 nitrogen and oxygen atoms in total. The first-order valence-corrected chi connectivity index (χ1v) is 0. The molecule has 0 unspecified atom stereocenters. The van der Waals surface area contributed by atoms with E-state index in [1.165, 1.54) is 0 Å². The normalized spacial score (nSPS) is 0. The largest absolute Gasteiger partial charge is 4.00 e. The number of hydrogen-bond donors (Lipinski definition) is 0. The van der Waals surface area contributed by atoms with E-state index in [2.05, 4.69) is 0 Å². The Morgan fingerprint density at radius 1 is 1.00 bits per heavy atom. The third-order valence-electron chi connectivity index (χ3n) is 0. The molecule has 0 aromatic carbocycles. The van der Waals surface area contributed by atoms with Gasteiger partial charge < -0.3 is 12.4 Å². The molecule has 0 spiro atoms. The molecule has 0 aliphatic carbocycles. The Labute approximate surface area is 68.1 Å². The first kappa shape index (κ1) is 76.2. The molecule has 0 aromatic heterocycles. The Kier molecular flexibility index (Phi) is 670. The molecular weight excluding hydrogens is 177 g/mol. The molecule has 0 bridgehead atoms. The summed E-state index contributed by atoms with van der Waals surface area (Å²) in [6.07, 6.45) is 0. The first-order valence-electron chi connectivity index (χ1n) is 0. The van der Waals surface area contributed by atoms with Crippen molar-refractivity contribution >= 4 is 17.6 Å². The smallest absolute Gasteiger partial charge is 2.00 e. The van der Waals surface area contributed by atoms with Crippen molar-refractivity contribution in [3.8, 4) is 0 Å². The predicted molar refractivity (Wildman–Crippen MR) is 8.24 cm³/mol. The van der Waals surface area contributed by atoms with Crippen LogP contribution in [0.1, 0.15) is 1.43 Å². The van der Waals surface area contributed by atoms with Crippen LogP contribution in [-0.4, -0.2) is 17.6 Å². The maximum absolute atomic E-state index is 0. The van der Waals surface area contributed by atoms with E-state index in [0.717, 1.165) is 0 Å². The van der Waals surface area contributed by atoms with Crippen molar-refractivity contribution in [3.63, 3.8) is 0 Å². The minimum Gasteiger partial charge on any atom is -2.00 e. The van der Waals surface area contributed by atoms with Gasteiger partial charge in [0, 0.05) is 19.5 Å². The van der Waals surface area contributed by atoms with Crippen LogP contribution in [0.5, 0.6) is 0 Å². The van der Waals surface area contributed by atoms with E-state index in [-0.39, 0.29) is 68.3 Å². The maximum Gasteiger partial charge on any atom is 4.00 e. The Balaban J connectivity index is 0. The average Bonchev–Trinajstić information content (AvgIpc) is 0. The summed E-state index contributed by atoms with van der Waals surface area (Å²) in [6, 6.07) is 0. The molecule has 0 atom stereocenters. The predicted octanol–water partition coefficient (Wildman–Crippen LogP) is -3.50. The standard InChI is InChI=1S/Ge.Li.2O.Zn.H/q+4;+1;2*-2;;-1. The SMILES string of the molecule is [Ge+4].[H-].[Li+].[O-2].[O-2].[Zn]. The molecular formula is HGeLiO2Zn. The van der Waals surface area contributed by atoms with Gasteiger partial charge in [-0.2, -0.15) is 0 Å². The molecule has 0 heterocycles. The molecule has 0 aromatic rings. The summed E-state index contributed by atoms with van der Waals surface area (Å²) in [5.41, 5.74) is 0. The molecule has 5 heteroatoms. The van der Waals surface area contributed by atoms with E-state index in [0.29, 0.717) is 0 Å².